The smallest absolute Gasteiger partial charge is 0.291 e. The Labute approximate surface area is 128 Å². The van der Waals surface area contributed by atoms with Crippen molar-refractivity contribution in [1.29, 1.82) is 0 Å². The molecular formula is C16H19N3O3. The molecule has 0 unspecified atom stereocenters. The van der Waals surface area contributed by atoms with Crippen molar-refractivity contribution in [3.05, 3.63) is 63.6 Å². The third kappa shape index (κ3) is 3.95. The summed E-state index contributed by atoms with van der Waals surface area (Å²) in [6.07, 6.45) is 0. The van der Waals surface area contributed by atoms with Crippen LogP contribution in [0.4, 0.5) is 0 Å². The van der Waals surface area contributed by atoms with Gasteiger partial charge in [-0.25, -0.2) is 0 Å². The summed E-state index contributed by atoms with van der Waals surface area (Å²) in [5, 5.41) is 2.64. The van der Waals surface area contributed by atoms with E-state index in [-0.39, 0.29) is 23.8 Å². The Morgan fingerprint density at radius 2 is 2.05 bits per heavy atom. The predicted octanol–water partition coefficient (Wildman–Crippen LogP) is 0.951. The van der Waals surface area contributed by atoms with Gasteiger partial charge in [-0.3, -0.25) is 9.59 Å². The molecule has 1 aromatic heterocycles. The highest BCUT2D eigenvalue weighted by atomic mass is 16.5. The van der Waals surface area contributed by atoms with Crippen molar-refractivity contribution in [3.8, 4) is 5.75 Å². The molecule has 0 aliphatic heterocycles. The van der Waals surface area contributed by atoms with Crippen LogP contribution in [0.2, 0.25) is 0 Å². The lowest BCUT2D eigenvalue weighted by Crippen LogP contribution is -2.31. The second kappa shape index (κ2) is 7.42. The molecule has 1 aromatic carbocycles. The monoisotopic (exact) mass is 301 g/mol. The van der Waals surface area contributed by atoms with Gasteiger partial charge in [0.2, 0.25) is 0 Å². The van der Waals surface area contributed by atoms with Gasteiger partial charge in [0.25, 0.3) is 11.5 Å². The molecule has 1 amide bonds. The van der Waals surface area contributed by atoms with Gasteiger partial charge in [0.05, 0.1) is 5.56 Å². The van der Waals surface area contributed by atoms with Gasteiger partial charge in [0, 0.05) is 18.8 Å². The molecule has 0 fully saturated rings. The third-order valence-corrected chi connectivity index (χ3v) is 3.02. The molecule has 0 aliphatic carbocycles. The van der Waals surface area contributed by atoms with Gasteiger partial charge >= 0.3 is 0 Å². The lowest BCUT2D eigenvalue weighted by Gasteiger charge is -2.11. The van der Waals surface area contributed by atoms with Gasteiger partial charge in [0.1, 0.15) is 6.61 Å². The van der Waals surface area contributed by atoms with E-state index < -0.39 is 5.56 Å². The number of hydrogen-bond acceptors (Lipinski definition) is 4. The van der Waals surface area contributed by atoms with Crippen molar-refractivity contribution in [1.82, 2.24) is 10.3 Å². The maximum absolute atomic E-state index is 12.1. The fraction of sp³-hybridized carbons (Fsp3) is 0.250. The van der Waals surface area contributed by atoms with E-state index in [9.17, 15) is 9.59 Å². The van der Waals surface area contributed by atoms with E-state index >= 15 is 0 Å². The van der Waals surface area contributed by atoms with Crippen LogP contribution in [-0.2, 0) is 6.61 Å². The molecule has 2 rings (SSSR count). The summed E-state index contributed by atoms with van der Waals surface area (Å²) in [6.45, 7) is 2.59. The fourth-order valence-electron chi connectivity index (χ4n) is 2.00. The summed E-state index contributed by atoms with van der Waals surface area (Å²) in [6, 6.07) is 11.0. The van der Waals surface area contributed by atoms with Gasteiger partial charge in [-0.2, -0.15) is 0 Å². The van der Waals surface area contributed by atoms with Crippen LogP contribution in [0.15, 0.2) is 41.2 Å². The minimum Gasteiger partial charge on any atom is -0.482 e. The largest absolute Gasteiger partial charge is 0.482 e. The molecule has 0 spiro atoms. The molecule has 0 saturated carbocycles. The van der Waals surface area contributed by atoms with Gasteiger partial charge < -0.3 is 20.8 Å². The average Bonchev–Trinajstić information content (AvgIpc) is 2.52. The minimum absolute atomic E-state index is 0.0176. The average molecular weight is 301 g/mol. The van der Waals surface area contributed by atoms with Crippen LogP contribution in [-0.4, -0.2) is 24.0 Å². The molecule has 4 N–H and O–H groups in total. The van der Waals surface area contributed by atoms with E-state index in [1.165, 1.54) is 0 Å². The number of hydrogen-bond donors (Lipinski definition) is 3. The number of rotatable bonds is 6. The number of aromatic nitrogens is 1. The summed E-state index contributed by atoms with van der Waals surface area (Å²) in [5.74, 6) is -0.355. The second-order valence-electron chi connectivity index (χ2n) is 4.84. The Morgan fingerprint density at radius 3 is 2.73 bits per heavy atom. The minimum atomic E-state index is -0.422. The first kappa shape index (κ1) is 15.8. The number of aryl methyl sites for hydroxylation is 1. The number of carbonyl (C=O) groups excluding carboxylic acids is 1. The second-order valence-corrected chi connectivity index (χ2v) is 4.84. The molecule has 6 nitrogen and oxygen atoms in total. The van der Waals surface area contributed by atoms with Gasteiger partial charge in [-0.15, -0.1) is 0 Å². The predicted molar refractivity (Wildman–Crippen MR) is 84.0 cm³/mol. The molecule has 0 saturated heterocycles. The van der Waals surface area contributed by atoms with Gasteiger partial charge in [0.15, 0.2) is 5.75 Å². The van der Waals surface area contributed by atoms with Crippen molar-refractivity contribution in [3.63, 3.8) is 0 Å². The molecule has 22 heavy (non-hydrogen) atoms. The Kier molecular flexibility index (Phi) is 5.32. The third-order valence-electron chi connectivity index (χ3n) is 3.02. The zero-order valence-corrected chi connectivity index (χ0v) is 12.4. The lowest BCUT2D eigenvalue weighted by atomic mass is 10.2. The molecular weight excluding hydrogens is 282 g/mol. The molecule has 0 atom stereocenters. The number of pyridine rings is 1. The number of amides is 1. The van der Waals surface area contributed by atoms with Crippen LogP contribution >= 0.6 is 0 Å². The van der Waals surface area contributed by atoms with E-state index in [1.807, 2.05) is 30.3 Å². The van der Waals surface area contributed by atoms with Crippen molar-refractivity contribution in [2.75, 3.05) is 13.1 Å². The Morgan fingerprint density at radius 1 is 1.32 bits per heavy atom. The van der Waals surface area contributed by atoms with Crippen LogP contribution in [0, 0.1) is 6.92 Å². The maximum Gasteiger partial charge on any atom is 0.291 e. The number of aromatic amines is 1. The van der Waals surface area contributed by atoms with Crippen LogP contribution in [0.3, 0.4) is 0 Å². The van der Waals surface area contributed by atoms with E-state index in [2.05, 4.69) is 10.3 Å². The number of benzene rings is 1. The fourth-order valence-corrected chi connectivity index (χ4v) is 2.00. The molecule has 6 heteroatoms. The number of H-pyrrole nitrogens is 1. The van der Waals surface area contributed by atoms with Crippen molar-refractivity contribution >= 4 is 5.91 Å². The van der Waals surface area contributed by atoms with Crippen LogP contribution < -0.4 is 21.3 Å². The van der Waals surface area contributed by atoms with Crippen molar-refractivity contribution < 1.29 is 9.53 Å². The van der Waals surface area contributed by atoms with Crippen LogP contribution in [0.5, 0.6) is 5.75 Å². The summed E-state index contributed by atoms with van der Waals surface area (Å²) in [4.78, 5) is 26.9. The number of nitrogens with two attached hydrogens (primary N) is 1. The lowest BCUT2D eigenvalue weighted by molar-refractivity contribution is 0.0949. The Hall–Kier alpha value is -2.60. The first-order chi connectivity index (χ1) is 10.6. The van der Waals surface area contributed by atoms with Crippen molar-refractivity contribution in [2.45, 2.75) is 13.5 Å². The van der Waals surface area contributed by atoms with Gasteiger partial charge in [-0.05, 0) is 18.6 Å². The quantitative estimate of drug-likeness (QED) is 0.740. The molecule has 116 valence electrons. The molecule has 0 aliphatic rings. The van der Waals surface area contributed by atoms with E-state index in [0.717, 1.165) is 5.56 Å². The topological polar surface area (TPSA) is 97.2 Å². The molecule has 1 heterocycles. The standard InChI is InChI=1S/C16H19N3O3/c1-11-9-13(15(20)18-8-7-17)14(16(21)19-11)22-10-12-5-3-2-4-6-12/h2-6,9H,7-8,10,17H2,1H3,(H,18,20)(H,19,21). The summed E-state index contributed by atoms with van der Waals surface area (Å²) in [5.41, 5.74) is 6.67. The molecule has 2 aromatic rings. The number of ether oxygens (including phenoxy) is 1. The highest BCUT2D eigenvalue weighted by Crippen LogP contribution is 2.15. The summed E-state index contributed by atoms with van der Waals surface area (Å²) >= 11 is 0. The van der Waals surface area contributed by atoms with E-state index in [1.54, 1.807) is 13.0 Å². The van der Waals surface area contributed by atoms with Crippen molar-refractivity contribution in [2.24, 2.45) is 5.73 Å². The highest BCUT2D eigenvalue weighted by Gasteiger charge is 2.16. The first-order valence-corrected chi connectivity index (χ1v) is 7.00. The zero-order valence-electron chi connectivity index (χ0n) is 12.4. The van der Waals surface area contributed by atoms with E-state index in [4.69, 9.17) is 10.5 Å². The summed E-state index contributed by atoms with van der Waals surface area (Å²) < 4.78 is 5.57. The highest BCUT2D eigenvalue weighted by molar-refractivity contribution is 5.96. The molecule has 0 radical (unpaired) electrons. The summed E-state index contributed by atoms with van der Waals surface area (Å²) in [7, 11) is 0. The maximum atomic E-state index is 12.1. The number of nitrogens with one attached hydrogen (secondary N) is 2. The van der Waals surface area contributed by atoms with Crippen LogP contribution in [0.25, 0.3) is 0 Å². The Bertz CT molecular complexity index is 696. The SMILES string of the molecule is Cc1cc(C(=O)NCCN)c(OCc2ccccc2)c(=O)[nH]1. The normalized spacial score (nSPS) is 10.3. The molecule has 0 bridgehead atoms. The number of carbonyl (C=O) groups is 1. The zero-order chi connectivity index (χ0) is 15.9. The van der Waals surface area contributed by atoms with Crippen LogP contribution in [0.1, 0.15) is 21.6 Å². The van der Waals surface area contributed by atoms with Gasteiger partial charge in [-0.1, -0.05) is 30.3 Å². The van der Waals surface area contributed by atoms with E-state index in [0.29, 0.717) is 18.8 Å². The first-order valence-electron chi connectivity index (χ1n) is 7.00. The Balaban J connectivity index is 2.25.